The molecule has 0 amide bonds. The Bertz CT molecular complexity index is 606. The zero-order valence-electron chi connectivity index (χ0n) is 11.7. The molecule has 1 N–H and O–H groups in total. The van der Waals surface area contributed by atoms with Crippen molar-refractivity contribution >= 4 is 5.69 Å². The molecule has 1 unspecified atom stereocenters. The number of rotatable bonds is 3. The molecule has 21 heavy (non-hydrogen) atoms. The summed E-state index contributed by atoms with van der Waals surface area (Å²) in [7, 11) is 3.69. The molecule has 2 nitrogen and oxygen atoms in total. The minimum Gasteiger partial charge on any atom is -0.384 e. The van der Waals surface area contributed by atoms with Crippen LogP contribution in [0.2, 0.25) is 0 Å². The summed E-state index contributed by atoms with van der Waals surface area (Å²) in [5.74, 6) is 0. The van der Waals surface area contributed by atoms with E-state index < -0.39 is 17.8 Å². The molecule has 0 radical (unpaired) electrons. The Morgan fingerprint density at radius 3 is 2.05 bits per heavy atom. The lowest BCUT2D eigenvalue weighted by Gasteiger charge is -2.21. The zero-order valence-corrected chi connectivity index (χ0v) is 11.7. The summed E-state index contributed by atoms with van der Waals surface area (Å²) in [6.45, 7) is 0. The van der Waals surface area contributed by atoms with Crippen molar-refractivity contribution in [3.63, 3.8) is 0 Å². The van der Waals surface area contributed by atoms with Gasteiger partial charge >= 0.3 is 6.18 Å². The van der Waals surface area contributed by atoms with E-state index in [0.717, 1.165) is 17.8 Å². The second kappa shape index (κ2) is 5.77. The maximum Gasteiger partial charge on any atom is 0.416 e. The molecule has 0 aliphatic rings. The van der Waals surface area contributed by atoms with Crippen molar-refractivity contribution in [2.45, 2.75) is 12.3 Å². The summed E-state index contributed by atoms with van der Waals surface area (Å²) in [5, 5.41) is 10.4. The maximum atomic E-state index is 12.5. The summed E-state index contributed by atoms with van der Waals surface area (Å²) in [5.41, 5.74) is 1.18. The number of hydrogen-bond acceptors (Lipinski definition) is 2. The van der Waals surface area contributed by atoms with E-state index in [1.54, 1.807) is 12.1 Å². The summed E-state index contributed by atoms with van der Waals surface area (Å²) >= 11 is 0. The van der Waals surface area contributed by atoms with Crippen LogP contribution in [0.3, 0.4) is 0 Å². The van der Waals surface area contributed by atoms with E-state index in [-0.39, 0.29) is 0 Å². The first-order valence-electron chi connectivity index (χ1n) is 6.42. The van der Waals surface area contributed by atoms with Gasteiger partial charge in [-0.1, -0.05) is 30.3 Å². The molecule has 2 rings (SSSR count). The fourth-order valence-corrected chi connectivity index (χ4v) is 2.16. The first-order chi connectivity index (χ1) is 9.80. The molecule has 0 aliphatic carbocycles. The number of nitrogens with zero attached hydrogens (tertiary/aromatic N) is 1. The summed E-state index contributed by atoms with van der Waals surface area (Å²) < 4.78 is 37.6. The van der Waals surface area contributed by atoms with Gasteiger partial charge in [0.25, 0.3) is 0 Å². The van der Waals surface area contributed by atoms with E-state index in [2.05, 4.69) is 0 Å². The molecular weight excluding hydrogens is 279 g/mol. The van der Waals surface area contributed by atoms with Crippen LogP contribution in [0.5, 0.6) is 0 Å². The molecule has 0 spiro atoms. The standard InChI is InChI=1S/C16H16F3NO/c1-20(2)14-6-4-3-5-13(14)15(21)11-7-9-12(10-8-11)16(17,18)19/h3-10,15,21H,1-2H3. The number of alkyl halides is 3. The van der Waals surface area contributed by atoms with Crippen LogP contribution in [-0.2, 0) is 6.18 Å². The molecule has 0 bridgehead atoms. The average Bonchev–Trinajstić information content (AvgIpc) is 2.45. The predicted octanol–water partition coefficient (Wildman–Crippen LogP) is 3.85. The van der Waals surface area contributed by atoms with Gasteiger partial charge in [0, 0.05) is 25.3 Å². The van der Waals surface area contributed by atoms with Gasteiger partial charge < -0.3 is 10.0 Å². The zero-order chi connectivity index (χ0) is 15.6. The first-order valence-corrected chi connectivity index (χ1v) is 6.42. The number of aliphatic hydroxyl groups excluding tert-OH is 1. The number of para-hydroxylation sites is 1. The Labute approximate surface area is 121 Å². The minimum absolute atomic E-state index is 0.428. The highest BCUT2D eigenvalue weighted by Crippen LogP contribution is 2.33. The van der Waals surface area contributed by atoms with Crippen molar-refractivity contribution in [3.8, 4) is 0 Å². The third-order valence-electron chi connectivity index (χ3n) is 3.27. The van der Waals surface area contributed by atoms with Crippen LogP contribution >= 0.6 is 0 Å². The highest BCUT2D eigenvalue weighted by molar-refractivity contribution is 5.55. The van der Waals surface area contributed by atoms with Gasteiger partial charge in [0.05, 0.1) is 5.56 Å². The third kappa shape index (κ3) is 3.36. The highest BCUT2D eigenvalue weighted by Gasteiger charge is 2.30. The molecule has 1 atom stereocenters. The Morgan fingerprint density at radius 2 is 1.52 bits per heavy atom. The minimum atomic E-state index is -4.37. The fraction of sp³-hybridized carbons (Fsp3) is 0.250. The topological polar surface area (TPSA) is 23.5 Å². The number of aliphatic hydroxyl groups is 1. The maximum absolute atomic E-state index is 12.5. The second-order valence-electron chi connectivity index (χ2n) is 4.98. The number of benzene rings is 2. The van der Waals surface area contributed by atoms with E-state index in [9.17, 15) is 18.3 Å². The van der Waals surface area contributed by atoms with Crippen LogP contribution in [0, 0.1) is 0 Å². The lowest BCUT2D eigenvalue weighted by Crippen LogP contribution is -2.13. The van der Waals surface area contributed by atoms with Gasteiger partial charge in [0.15, 0.2) is 0 Å². The Kier molecular flexibility index (Phi) is 4.23. The van der Waals surface area contributed by atoms with Gasteiger partial charge in [-0.25, -0.2) is 0 Å². The van der Waals surface area contributed by atoms with Crippen LogP contribution in [0.25, 0.3) is 0 Å². The van der Waals surface area contributed by atoms with Gasteiger partial charge in [-0.2, -0.15) is 13.2 Å². The van der Waals surface area contributed by atoms with Gasteiger partial charge in [0.1, 0.15) is 6.10 Å². The molecule has 0 saturated heterocycles. The van der Waals surface area contributed by atoms with Crippen molar-refractivity contribution < 1.29 is 18.3 Å². The molecule has 0 aromatic heterocycles. The van der Waals surface area contributed by atoms with Gasteiger partial charge in [0.2, 0.25) is 0 Å². The van der Waals surface area contributed by atoms with Crippen molar-refractivity contribution in [2.24, 2.45) is 0 Å². The number of anilines is 1. The lowest BCUT2D eigenvalue weighted by atomic mass is 9.98. The molecule has 0 heterocycles. The normalized spacial score (nSPS) is 13.0. The van der Waals surface area contributed by atoms with E-state index >= 15 is 0 Å². The molecule has 112 valence electrons. The molecule has 0 fully saturated rings. The van der Waals surface area contributed by atoms with Crippen LogP contribution < -0.4 is 4.90 Å². The second-order valence-corrected chi connectivity index (χ2v) is 4.98. The van der Waals surface area contributed by atoms with E-state index in [4.69, 9.17) is 0 Å². The van der Waals surface area contributed by atoms with E-state index in [1.165, 1.54) is 12.1 Å². The van der Waals surface area contributed by atoms with Crippen molar-refractivity contribution in [2.75, 3.05) is 19.0 Å². The molecular formula is C16H16F3NO. The largest absolute Gasteiger partial charge is 0.416 e. The summed E-state index contributed by atoms with van der Waals surface area (Å²) in [6.07, 6.45) is -5.34. The SMILES string of the molecule is CN(C)c1ccccc1C(O)c1ccc(C(F)(F)F)cc1. The van der Waals surface area contributed by atoms with Gasteiger partial charge in [-0.15, -0.1) is 0 Å². The molecule has 2 aromatic carbocycles. The van der Waals surface area contributed by atoms with Crippen molar-refractivity contribution in [3.05, 3.63) is 65.2 Å². The Hall–Kier alpha value is -2.01. The predicted molar refractivity (Wildman–Crippen MR) is 76.3 cm³/mol. The molecule has 2 aromatic rings. The highest BCUT2D eigenvalue weighted by atomic mass is 19.4. The molecule has 5 heteroatoms. The fourth-order valence-electron chi connectivity index (χ4n) is 2.16. The average molecular weight is 295 g/mol. The monoisotopic (exact) mass is 295 g/mol. The van der Waals surface area contributed by atoms with Crippen molar-refractivity contribution in [1.29, 1.82) is 0 Å². The Balaban J connectivity index is 2.35. The van der Waals surface area contributed by atoms with Crippen molar-refractivity contribution in [1.82, 2.24) is 0 Å². The summed E-state index contributed by atoms with van der Waals surface area (Å²) in [4.78, 5) is 1.85. The number of halogens is 3. The van der Waals surface area contributed by atoms with Crippen LogP contribution in [0.1, 0.15) is 22.8 Å². The third-order valence-corrected chi connectivity index (χ3v) is 3.27. The Morgan fingerprint density at radius 1 is 0.952 bits per heavy atom. The quantitative estimate of drug-likeness (QED) is 0.929. The van der Waals surface area contributed by atoms with Crippen LogP contribution in [0.4, 0.5) is 18.9 Å². The van der Waals surface area contributed by atoms with Crippen LogP contribution in [0.15, 0.2) is 48.5 Å². The molecule has 0 saturated carbocycles. The van der Waals surface area contributed by atoms with Gasteiger partial charge in [-0.3, -0.25) is 0 Å². The number of hydrogen-bond donors (Lipinski definition) is 1. The van der Waals surface area contributed by atoms with E-state index in [0.29, 0.717) is 11.1 Å². The lowest BCUT2D eigenvalue weighted by molar-refractivity contribution is -0.137. The smallest absolute Gasteiger partial charge is 0.384 e. The van der Waals surface area contributed by atoms with Crippen LogP contribution in [-0.4, -0.2) is 19.2 Å². The van der Waals surface area contributed by atoms with Gasteiger partial charge in [-0.05, 0) is 23.8 Å². The van der Waals surface area contributed by atoms with E-state index in [1.807, 2.05) is 31.1 Å². The first kappa shape index (κ1) is 15.4. The summed E-state index contributed by atoms with van der Waals surface area (Å²) in [6, 6.07) is 11.8. The molecule has 0 aliphatic heterocycles.